The number of nitrogens with one attached hydrogen (secondary N) is 2. The maximum Gasteiger partial charge on any atom is 0.259 e. The maximum absolute atomic E-state index is 11.7. The molecule has 0 saturated heterocycles. The van der Waals surface area contributed by atoms with Gasteiger partial charge in [-0.1, -0.05) is 34.1 Å². The van der Waals surface area contributed by atoms with Crippen molar-refractivity contribution < 1.29 is 9.53 Å². The van der Waals surface area contributed by atoms with Crippen molar-refractivity contribution in [3.63, 3.8) is 0 Å². The lowest BCUT2D eigenvalue weighted by Gasteiger charge is -2.05. The number of hydrazone groups is 1. The molecule has 0 spiro atoms. The summed E-state index contributed by atoms with van der Waals surface area (Å²) in [4.78, 5) is 11.7. The number of rotatable bonds is 6. The zero-order valence-corrected chi connectivity index (χ0v) is 13.6. The van der Waals surface area contributed by atoms with Crippen molar-refractivity contribution in [1.29, 1.82) is 0 Å². The van der Waals surface area contributed by atoms with E-state index in [1.54, 1.807) is 13.3 Å². The molecule has 2 N–H and O–H groups in total. The molecular weight excluding hydrogens is 346 g/mol. The van der Waals surface area contributed by atoms with Gasteiger partial charge in [-0.3, -0.25) is 4.79 Å². The first-order valence-electron chi connectivity index (χ1n) is 6.63. The molecule has 0 aromatic heterocycles. The lowest BCUT2D eigenvalue weighted by molar-refractivity contribution is -0.119. The normalized spacial score (nSPS) is 10.5. The molecule has 2 rings (SSSR count). The average Bonchev–Trinajstić information content (AvgIpc) is 2.53. The van der Waals surface area contributed by atoms with Crippen LogP contribution in [-0.2, 0) is 4.79 Å². The summed E-state index contributed by atoms with van der Waals surface area (Å²) in [5.41, 5.74) is 4.18. The molecule has 0 unspecified atom stereocenters. The smallest absolute Gasteiger partial charge is 0.259 e. The second-order valence-electron chi connectivity index (χ2n) is 4.43. The summed E-state index contributed by atoms with van der Waals surface area (Å²) in [7, 11) is 1.60. The largest absolute Gasteiger partial charge is 0.497 e. The molecule has 0 atom stereocenters. The summed E-state index contributed by atoms with van der Waals surface area (Å²) < 4.78 is 6.07. The van der Waals surface area contributed by atoms with Gasteiger partial charge >= 0.3 is 0 Å². The highest BCUT2D eigenvalue weighted by molar-refractivity contribution is 9.10. The van der Waals surface area contributed by atoms with Gasteiger partial charge in [0.2, 0.25) is 0 Å². The standard InChI is InChI=1S/C16H16BrN3O2/c1-22-15-7-2-4-12(8-15)10-19-20-16(21)11-18-14-6-3-5-13(17)9-14/h2-10,18H,11H2,1H3,(H,20,21). The molecule has 5 nitrogen and oxygen atoms in total. The van der Waals surface area contributed by atoms with Crippen LogP contribution < -0.4 is 15.5 Å². The third-order valence-corrected chi connectivity index (χ3v) is 3.27. The first kappa shape index (κ1) is 16.0. The number of hydrogen-bond acceptors (Lipinski definition) is 4. The third-order valence-electron chi connectivity index (χ3n) is 2.77. The fraction of sp³-hybridized carbons (Fsp3) is 0.125. The molecule has 114 valence electrons. The van der Waals surface area contributed by atoms with Gasteiger partial charge in [0.1, 0.15) is 5.75 Å². The van der Waals surface area contributed by atoms with Crippen molar-refractivity contribution >= 4 is 33.7 Å². The van der Waals surface area contributed by atoms with E-state index in [1.165, 1.54) is 0 Å². The number of amides is 1. The van der Waals surface area contributed by atoms with Crippen molar-refractivity contribution in [3.8, 4) is 5.75 Å². The van der Waals surface area contributed by atoms with Crippen LogP contribution in [-0.4, -0.2) is 25.8 Å². The highest BCUT2D eigenvalue weighted by Crippen LogP contribution is 2.15. The van der Waals surface area contributed by atoms with Crippen LogP contribution >= 0.6 is 15.9 Å². The highest BCUT2D eigenvalue weighted by Gasteiger charge is 2.00. The van der Waals surface area contributed by atoms with Gasteiger partial charge in [-0.05, 0) is 35.9 Å². The average molecular weight is 362 g/mol. The van der Waals surface area contributed by atoms with Crippen molar-refractivity contribution in [2.75, 3.05) is 19.0 Å². The molecule has 0 aliphatic carbocycles. The van der Waals surface area contributed by atoms with Crippen LogP contribution in [0.15, 0.2) is 58.1 Å². The monoisotopic (exact) mass is 361 g/mol. The minimum absolute atomic E-state index is 0.145. The molecule has 0 bridgehead atoms. The number of nitrogens with zero attached hydrogens (tertiary/aromatic N) is 1. The van der Waals surface area contributed by atoms with Crippen LogP contribution in [0.5, 0.6) is 5.75 Å². The number of ether oxygens (including phenoxy) is 1. The Labute approximate surface area is 137 Å². The van der Waals surface area contributed by atoms with Crippen LogP contribution in [0.3, 0.4) is 0 Å². The Morgan fingerprint density at radius 2 is 2.09 bits per heavy atom. The Balaban J connectivity index is 1.81. The lowest BCUT2D eigenvalue weighted by Crippen LogP contribution is -2.25. The number of carbonyl (C=O) groups is 1. The fourth-order valence-corrected chi connectivity index (χ4v) is 2.12. The number of hydrogen-bond donors (Lipinski definition) is 2. The minimum atomic E-state index is -0.223. The van der Waals surface area contributed by atoms with Crippen molar-refractivity contribution in [3.05, 3.63) is 58.6 Å². The molecule has 0 fully saturated rings. The summed E-state index contributed by atoms with van der Waals surface area (Å²) in [6.45, 7) is 0.145. The number of carbonyl (C=O) groups excluding carboxylic acids is 1. The zero-order valence-electron chi connectivity index (χ0n) is 12.0. The number of anilines is 1. The molecule has 0 saturated carbocycles. The van der Waals surface area contributed by atoms with Crippen molar-refractivity contribution in [2.24, 2.45) is 5.10 Å². The second-order valence-corrected chi connectivity index (χ2v) is 5.35. The van der Waals surface area contributed by atoms with Crippen LogP contribution in [0.4, 0.5) is 5.69 Å². The van der Waals surface area contributed by atoms with Crippen LogP contribution in [0, 0.1) is 0 Å². The molecule has 6 heteroatoms. The first-order chi connectivity index (χ1) is 10.7. The van der Waals surface area contributed by atoms with E-state index < -0.39 is 0 Å². The molecular formula is C16H16BrN3O2. The van der Waals surface area contributed by atoms with E-state index in [-0.39, 0.29) is 12.5 Å². The van der Waals surface area contributed by atoms with Crippen molar-refractivity contribution in [2.45, 2.75) is 0 Å². The van der Waals surface area contributed by atoms with Gasteiger partial charge in [0.05, 0.1) is 19.9 Å². The van der Waals surface area contributed by atoms with Gasteiger partial charge in [0, 0.05) is 10.2 Å². The molecule has 0 aliphatic heterocycles. The topological polar surface area (TPSA) is 62.7 Å². The molecule has 1 amide bonds. The van der Waals surface area contributed by atoms with E-state index in [4.69, 9.17) is 4.74 Å². The Bertz CT molecular complexity index is 674. The van der Waals surface area contributed by atoms with Gasteiger partial charge in [-0.2, -0.15) is 5.10 Å². The van der Waals surface area contributed by atoms with E-state index >= 15 is 0 Å². The Hall–Kier alpha value is -2.34. The molecule has 22 heavy (non-hydrogen) atoms. The Kier molecular flexibility index (Phi) is 5.97. The summed E-state index contributed by atoms with van der Waals surface area (Å²) in [6, 6.07) is 15.0. The molecule has 0 radical (unpaired) electrons. The van der Waals surface area contributed by atoms with Gasteiger partial charge in [0.25, 0.3) is 5.91 Å². The van der Waals surface area contributed by atoms with Crippen LogP contribution in [0.25, 0.3) is 0 Å². The number of benzene rings is 2. The molecule has 2 aromatic rings. The van der Waals surface area contributed by atoms with Gasteiger partial charge in [-0.25, -0.2) is 5.43 Å². The molecule has 0 aliphatic rings. The van der Waals surface area contributed by atoms with E-state index in [9.17, 15) is 4.79 Å². The van der Waals surface area contributed by atoms with E-state index in [1.807, 2.05) is 48.5 Å². The minimum Gasteiger partial charge on any atom is -0.497 e. The summed E-state index contributed by atoms with van der Waals surface area (Å²) >= 11 is 3.37. The molecule has 2 aromatic carbocycles. The first-order valence-corrected chi connectivity index (χ1v) is 7.42. The van der Waals surface area contributed by atoms with Crippen molar-refractivity contribution in [1.82, 2.24) is 5.43 Å². The quantitative estimate of drug-likeness (QED) is 0.613. The Morgan fingerprint density at radius 1 is 1.27 bits per heavy atom. The highest BCUT2D eigenvalue weighted by atomic mass is 79.9. The van der Waals surface area contributed by atoms with E-state index in [0.29, 0.717) is 0 Å². The zero-order chi connectivity index (χ0) is 15.8. The van der Waals surface area contributed by atoms with E-state index in [2.05, 4.69) is 31.8 Å². The summed E-state index contributed by atoms with van der Waals surface area (Å²) in [6.07, 6.45) is 1.57. The lowest BCUT2D eigenvalue weighted by atomic mass is 10.2. The van der Waals surface area contributed by atoms with Crippen LogP contribution in [0.2, 0.25) is 0 Å². The number of methoxy groups -OCH3 is 1. The third kappa shape index (κ3) is 5.21. The van der Waals surface area contributed by atoms with Gasteiger partial charge < -0.3 is 10.1 Å². The summed E-state index contributed by atoms with van der Waals surface area (Å²) in [5.74, 6) is 0.519. The fourth-order valence-electron chi connectivity index (χ4n) is 1.72. The van der Waals surface area contributed by atoms with Crippen LogP contribution in [0.1, 0.15) is 5.56 Å². The SMILES string of the molecule is COc1cccc(C=NNC(=O)CNc2cccc(Br)c2)c1. The predicted molar refractivity (Wildman–Crippen MR) is 91.4 cm³/mol. The predicted octanol–water partition coefficient (Wildman–Crippen LogP) is 3.02. The molecule has 0 heterocycles. The number of halogens is 1. The Morgan fingerprint density at radius 3 is 2.86 bits per heavy atom. The van der Waals surface area contributed by atoms with E-state index in [0.717, 1.165) is 21.5 Å². The van der Waals surface area contributed by atoms with Gasteiger partial charge in [0.15, 0.2) is 0 Å². The summed E-state index contributed by atoms with van der Waals surface area (Å²) in [5, 5.41) is 6.93. The second kappa shape index (κ2) is 8.19. The maximum atomic E-state index is 11.7. The van der Waals surface area contributed by atoms with Gasteiger partial charge in [-0.15, -0.1) is 0 Å².